The third-order valence-corrected chi connectivity index (χ3v) is 3.64. The van der Waals surface area contributed by atoms with E-state index < -0.39 is 0 Å². The average Bonchev–Trinajstić information content (AvgIpc) is 2.26. The molecule has 0 heterocycles. The van der Waals surface area contributed by atoms with Crippen molar-refractivity contribution >= 4 is 5.84 Å². The van der Waals surface area contributed by atoms with E-state index >= 15 is 0 Å². The lowest BCUT2D eigenvalue weighted by atomic mass is 9.90. The van der Waals surface area contributed by atoms with Gasteiger partial charge in [0, 0.05) is 5.92 Å². The van der Waals surface area contributed by atoms with Gasteiger partial charge in [-0.15, -0.1) is 0 Å². The van der Waals surface area contributed by atoms with Gasteiger partial charge < -0.3 is 16.6 Å². The van der Waals surface area contributed by atoms with Crippen LogP contribution in [0.4, 0.5) is 0 Å². The van der Waals surface area contributed by atoms with E-state index in [1.165, 1.54) is 32.1 Å². The highest BCUT2D eigenvalue weighted by Gasteiger charge is 2.16. The van der Waals surface area contributed by atoms with Gasteiger partial charge in [0.05, 0.1) is 5.70 Å². The number of aliphatic hydroxyl groups is 1. The predicted molar refractivity (Wildman–Crippen MR) is 76.1 cm³/mol. The van der Waals surface area contributed by atoms with E-state index in [2.05, 4.69) is 4.99 Å². The fraction of sp³-hybridized carbons (Fsp3) is 0.786. The third kappa shape index (κ3) is 4.59. The lowest BCUT2D eigenvalue weighted by molar-refractivity contribution is 0.386. The second-order valence-corrected chi connectivity index (χ2v) is 5.51. The molecular formula is C14H27N3O. The van der Waals surface area contributed by atoms with Gasteiger partial charge in [-0.3, -0.25) is 0 Å². The molecule has 0 aromatic rings. The molecule has 4 heteroatoms. The number of aliphatic hydroxyl groups excluding tert-OH is 1. The Kier molecular flexibility index (Phi) is 6.02. The van der Waals surface area contributed by atoms with Crippen LogP contribution in [-0.4, -0.2) is 10.9 Å². The lowest BCUT2D eigenvalue weighted by Crippen LogP contribution is -2.25. The first kappa shape index (κ1) is 14.9. The van der Waals surface area contributed by atoms with Crippen LogP contribution in [0.25, 0.3) is 0 Å². The molecular weight excluding hydrogens is 226 g/mol. The quantitative estimate of drug-likeness (QED) is 0.410. The second kappa shape index (κ2) is 7.29. The van der Waals surface area contributed by atoms with Crippen LogP contribution in [0.3, 0.4) is 0 Å². The van der Waals surface area contributed by atoms with Crippen molar-refractivity contribution < 1.29 is 5.11 Å². The van der Waals surface area contributed by atoms with Crippen LogP contribution in [0.2, 0.25) is 0 Å². The Labute approximate surface area is 110 Å². The summed E-state index contributed by atoms with van der Waals surface area (Å²) in [5.74, 6) is 0.814. The highest BCUT2D eigenvalue weighted by atomic mass is 16.3. The summed E-state index contributed by atoms with van der Waals surface area (Å²) in [5, 5.41) is 9.80. The first-order valence-corrected chi connectivity index (χ1v) is 7.05. The van der Waals surface area contributed by atoms with Crippen molar-refractivity contribution in [1.82, 2.24) is 0 Å². The summed E-state index contributed by atoms with van der Waals surface area (Å²) in [6, 6.07) is 0. The molecule has 104 valence electrons. The highest BCUT2D eigenvalue weighted by Crippen LogP contribution is 2.23. The fourth-order valence-corrected chi connectivity index (χ4v) is 2.29. The van der Waals surface area contributed by atoms with Crippen molar-refractivity contribution in [3.63, 3.8) is 0 Å². The Morgan fingerprint density at radius 1 is 1.06 bits per heavy atom. The average molecular weight is 253 g/mol. The van der Waals surface area contributed by atoms with Gasteiger partial charge in [0.25, 0.3) is 0 Å². The maximum atomic E-state index is 9.80. The summed E-state index contributed by atoms with van der Waals surface area (Å²) < 4.78 is 0. The maximum absolute atomic E-state index is 9.80. The molecule has 1 aliphatic carbocycles. The van der Waals surface area contributed by atoms with E-state index in [1.807, 2.05) is 13.8 Å². The molecule has 0 aromatic heterocycles. The number of amidine groups is 1. The summed E-state index contributed by atoms with van der Waals surface area (Å²) in [6.45, 7) is 3.85. The van der Waals surface area contributed by atoms with Crippen molar-refractivity contribution in [2.24, 2.45) is 28.3 Å². The van der Waals surface area contributed by atoms with Crippen molar-refractivity contribution in [2.75, 3.05) is 0 Å². The SMILES string of the molecule is CC(C)/C(N)=C(\O)N=C(N)C1CCCCCCC1. The van der Waals surface area contributed by atoms with Crippen LogP contribution < -0.4 is 11.5 Å². The van der Waals surface area contributed by atoms with Crippen LogP contribution in [0, 0.1) is 11.8 Å². The number of rotatable bonds is 3. The zero-order valence-electron chi connectivity index (χ0n) is 11.7. The molecule has 0 bridgehead atoms. The van der Waals surface area contributed by atoms with Gasteiger partial charge in [-0.2, -0.15) is 4.99 Å². The fourth-order valence-electron chi connectivity index (χ4n) is 2.29. The number of allylic oxidation sites excluding steroid dienone is 1. The zero-order valence-corrected chi connectivity index (χ0v) is 11.7. The maximum Gasteiger partial charge on any atom is 0.232 e. The van der Waals surface area contributed by atoms with Crippen molar-refractivity contribution in [3.8, 4) is 0 Å². The van der Waals surface area contributed by atoms with Crippen molar-refractivity contribution in [3.05, 3.63) is 11.6 Å². The van der Waals surface area contributed by atoms with Gasteiger partial charge >= 0.3 is 0 Å². The molecule has 1 fully saturated rings. The van der Waals surface area contributed by atoms with E-state index in [0.29, 0.717) is 17.5 Å². The van der Waals surface area contributed by atoms with E-state index in [0.717, 1.165) is 12.8 Å². The monoisotopic (exact) mass is 253 g/mol. The molecule has 0 atom stereocenters. The molecule has 0 spiro atoms. The number of nitrogens with zero attached hydrogens (tertiary/aromatic N) is 1. The molecule has 1 saturated carbocycles. The largest absolute Gasteiger partial charge is 0.492 e. The summed E-state index contributed by atoms with van der Waals surface area (Å²) in [5.41, 5.74) is 12.2. The van der Waals surface area contributed by atoms with E-state index in [-0.39, 0.29) is 11.8 Å². The minimum atomic E-state index is -0.107. The molecule has 0 radical (unpaired) electrons. The number of hydrogen-bond acceptors (Lipinski definition) is 3. The number of nitrogens with two attached hydrogens (primary N) is 2. The molecule has 0 amide bonds. The van der Waals surface area contributed by atoms with Gasteiger partial charge in [-0.25, -0.2) is 0 Å². The Bertz CT molecular complexity index is 313. The standard InChI is InChI=1S/C14H27N3O/c1-10(2)12(15)14(18)17-13(16)11-8-6-4-3-5-7-9-11/h10-11,18H,3-9,15H2,1-2H3,(H2,16,17)/b14-12+. The van der Waals surface area contributed by atoms with Gasteiger partial charge in [-0.05, 0) is 18.8 Å². The molecule has 0 unspecified atom stereocenters. The molecule has 0 aromatic carbocycles. The zero-order chi connectivity index (χ0) is 13.5. The highest BCUT2D eigenvalue weighted by molar-refractivity contribution is 5.83. The van der Waals surface area contributed by atoms with Crippen LogP contribution in [0.1, 0.15) is 58.8 Å². The summed E-state index contributed by atoms with van der Waals surface area (Å²) >= 11 is 0. The Morgan fingerprint density at radius 2 is 1.56 bits per heavy atom. The van der Waals surface area contributed by atoms with Gasteiger partial charge in [0.15, 0.2) is 0 Å². The molecule has 0 aliphatic heterocycles. The van der Waals surface area contributed by atoms with Crippen LogP contribution in [-0.2, 0) is 0 Å². The van der Waals surface area contributed by atoms with Crippen LogP contribution in [0.15, 0.2) is 16.6 Å². The third-order valence-electron chi connectivity index (χ3n) is 3.64. The van der Waals surface area contributed by atoms with Crippen LogP contribution >= 0.6 is 0 Å². The Morgan fingerprint density at radius 3 is 2.06 bits per heavy atom. The van der Waals surface area contributed by atoms with Crippen LogP contribution in [0.5, 0.6) is 0 Å². The predicted octanol–water partition coefficient (Wildman–Crippen LogP) is 3.05. The summed E-state index contributed by atoms with van der Waals surface area (Å²) in [7, 11) is 0. The molecule has 18 heavy (non-hydrogen) atoms. The van der Waals surface area contributed by atoms with Crippen molar-refractivity contribution in [2.45, 2.75) is 58.8 Å². The van der Waals surface area contributed by atoms with Gasteiger partial charge in [0.1, 0.15) is 5.84 Å². The first-order valence-electron chi connectivity index (χ1n) is 7.05. The molecule has 5 N–H and O–H groups in total. The number of aliphatic imine (C=N–C) groups is 1. The summed E-state index contributed by atoms with van der Waals surface area (Å²) in [6.07, 6.45) is 8.43. The van der Waals surface area contributed by atoms with Gasteiger partial charge in [0.2, 0.25) is 5.88 Å². The molecule has 1 rings (SSSR count). The van der Waals surface area contributed by atoms with Crippen molar-refractivity contribution in [1.29, 1.82) is 0 Å². The normalized spacial score (nSPS) is 21.4. The number of hydrogen-bond donors (Lipinski definition) is 3. The second-order valence-electron chi connectivity index (χ2n) is 5.51. The molecule has 1 aliphatic rings. The molecule has 0 saturated heterocycles. The van der Waals surface area contributed by atoms with Gasteiger partial charge in [-0.1, -0.05) is 46.0 Å². The minimum Gasteiger partial charge on any atom is -0.492 e. The topological polar surface area (TPSA) is 84.6 Å². The van der Waals surface area contributed by atoms with E-state index in [4.69, 9.17) is 11.5 Å². The molecule has 4 nitrogen and oxygen atoms in total. The summed E-state index contributed by atoms with van der Waals surface area (Å²) in [4.78, 5) is 4.10. The van der Waals surface area contributed by atoms with E-state index in [9.17, 15) is 5.11 Å². The van der Waals surface area contributed by atoms with E-state index in [1.54, 1.807) is 0 Å². The lowest BCUT2D eigenvalue weighted by Gasteiger charge is -2.19. The smallest absolute Gasteiger partial charge is 0.232 e. The first-order chi connectivity index (χ1) is 8.52. The Hall–Kier alpha value is -1.19. The minimum absolute atomic E-state index is 0.0823. The Balaban J connectivity index is 2.71.